The van der Waals surface area contributed by atoms with Crippen LogP contribution in [0.5, 0.6) is 11.5 Å². The maximum atomic E-state index is 12.7. The van der Waals surface area contributed by atoms with Gasteiger partial charge in [0.25, 0.3) is 0 Å². The minimum Gasteiger partial charge on any atom is -0.494 e. The minimum atomic E-state index is -0.992. The van der Waals surface area contributed by atoms with Crippen LogP contribution in [0.3, 0.4) is 0 Å². The predicted molar refractivity (Wildman–Crippen MR) is 183 cm³/mol. The van der Waals surface area contributed by atoms with Crippen LogP contribution < -0.4 is 9.47 Å². The van der Waals surface area contributed by atoms with Gasteiger partial charge in [0.15, 0.2) is 6.10 Å². The Morgan fingerprint density at radius 2 is 1.12 bits per heavy atom. The molecule has 0 aliphatic carbocycles. The molecule has 0 heterocycles. The molecule has 0 fully saturated rings. The summed E-state index contributed by atoms with van der Waals surface area (Å²) in [6.07, 6.45) is 9.17. The Balaban J connectivity index is 1.35. The zero-order chi connectivity index (χ0) is 34.6. The molecule has 1 atom stereocenters. The fourth-order valence-corrected chi connectivity index (χ4v) is 4.59. The third kappa shape index (κ3) is 13.4. The number of esters is 4. The second-order valence-electron chi connectivity index (χ2n) is 11.3. The van der Waals surface area contributed by atoms with Crippen molar-refractivity contribution in [2.24, 2.45) is 0 Å². The van der Waals surface area contributed by atoms with E-state index in [1.54, 1.807) is 60.7 Å². The van der Waals surface area contributed by atoms with E-state index in [-0.39, 0.29) is 5.97 Å². The van der Waals surface area contributed by atoms with Gasteiger partial charge in [0.2, 0.25) is 0 Å². The van der Waals surface area contributed by atoms with E-state index in [2.05, 4.69) is 6.58 Å². The van der Waals surface area contributed by atoms with Gasteiger partial charge in [0, 0.05) is 6.08 Å². The molecule has 0 saturated carbocycles. The lowest BCUT2D eigenvalue weighted by Gasteiger charge is -2.13. The molecule has 0 saturated heterocycles. The van der Waals surface area contributed by atoms with Crippen molar-refractivity contribution in [1.82, 2.24) is 0 Å². The summed E-state index contributed by atoms with van der Waals surface area (Å²) in [4.78, 5) is 48.1. The smallest absolute Gasteiger partial charge is 0.347 e. The van der Waals surface area contributed by atoms with Crippen molar-refractivity contribution in [1.29, 1.82) is 0 Å². The van der Waals surface area contributed by atoms with E-state index in [9.17, 15) is 19.2 Å². The van der Waals surface area contributed by atoms with E-state index in [1.165, 1.54) is 13.0 Å². The summed E-state index contributed by atoms with van der Waals surface area (Å²) in [5.41, 5.74) is 2.46. The predicted octanol–water partition coefficient (Wildman–Crippen LogP) is 8.30. The van der Waals surface area contributed by atoms with Crippen LogP contribution in [0.15, 0.2) is 85.5 Å². The van der Waals surface area contributed by atoms with Gasteiger partial charge in [-0.15, -0.1) is 0 Å². The maximum absolute atomic E-state index is 12.7. The third-order valence-electron chi connectivity index (χ3n) is 7.44. The van der Waals surface area contributed by atoms with E-state index in [0.717, 1.165) is 68.9 Å². The summed E-state index contributed by atoms with van der Waals surface area (Å²) >= 11 is 0. The van der Waals surface area contributed by atoms with Gasteiger partial charge in [0.1, 0.15) is 11.5 Å². The highest BCUT2D eigenvalue weighted by Gasteiger charge is 2.20. The Labute approximate surface area is 283 Å². The Hall–Kier alpha value is -4.92. The van der Waals surface area contributed by atoms with Crippen LogP contribution in [0.4, 0.5) is 0 Å². The molecule has 0 spiro atoms. The van der Waals surface area contributed by atoms with Gasteiger partial charge >= 0.3 is 23.9 Å². The number of rotatable bonds is 21. The fraction of sp³-hybridized carbons (Fsp3) is 0.385. The first-order valence-corrected chi connectivity index (χ1v) is 16.6. The minimum absolute atomic E-state index is 0.303. The van der Waals surface area contributed by atoms with Gasteiger partial charge in [-0.1, -0.05) is 76.3 Å². The number of unbranched alkanes of at least 4 members (excludes halogenated alkanes) is 7. The molecule has 48 heavy (non-hydrogen) atoms. The fourth-order valence-electron chi connectivity index (χ4n) is 4.59. The lowest BCUT2D eigenvalue weighted by Crippen LogP contribution is -2.26. The van der Waals surface area contributed by atoms with Crippen LogP contribution in [0, 0.1) is 0 Å². The third-order valence-corrected chi connectivity index (χ3v) is 7.44. The molecule has 0 N–H and O–H groups in total. The summed E-state index contributed by atoms with van der Waals surface area (Å²) in [5.74, 6) is -0.911. The Bertz CT molecular complexity index is 1440. The van der Waals surface area contributed by atoms with Crippen LogP contribution in [0.25, 0.3) is 11.1 Å². The van der Waals surface area contributed by atoms with Crippen LogP contribution in [0.2, 0.25) is 0 Å². The molecule has 3 aromatic rings. The lowest BCUT2D eigenvalue weighted by atomic mass is 10.0. The monoisotopic (exact) mass is 658 g/mol. The SMILES string of the molecule is C=CC(=O)OCCCCCCCCCOc1ccc(C(=O)Oc2ccc(-c3ccc(C(=O)OC(C)C(=O)OCCCC)cc3)cc2)cc1. The van der Waals surface area contributed by atoms with Gasteiger partial charge in [0.05, 0.1) is 30.9 Å². The molecule has 3 aromatic carbocycles. The van der Waals surface area contributed by atoms with Crippen LogP contribution >= 0.6 is 0 Å². The van der Waals surface area contributed by atoms with E-state index >= 15 is 0 Å². The normalized spacial score (nSPS) is 11.2. The maximum Gasteiger partial charge on any atom is 0.347 e. The average molecular weight is 659 g/mol. The molecule has 0 radical (unpaired) electrons. The Morgan fingerprint density at radius 3 is 1.73 bits per heavy atom. The molecule has 0 aliphatic rings. The molecule has 1 unspecified atom stereocenters. The molecule has 0 bridgehead atoms. The Morgan fingerprint density at radius 1 is 0.625 bits per heavy atom. The highest BCUT2D eigenvalue weighted by molar-refractivity contribution is 5.92. The lowest BCUT2D eigenvalue weighted by molar-refractivity contribution is -0.153. The van der Waals surface area contributed by atoms with Gasteiger partial charge in [-0.2, -0.15) is 0 Å². The topological polar surface area (TPSA) is 114 Å². The summed E-state index contributed by atoms with van der Waals surface area (Å²) in [6, 6.07) is 20.8. The number of hydrogen-bond donors (Lipinski definition) is 0. The number of hydrogen-bond acceptors (Lipinski definition) is 9. The zero-order valence-corrected chi connectivity index (χ0v) is 27.9. The van der Waals surface area contributed by atoms with Gasteiger partial charge in [-0.25, -0.2) is 19.2 Å². The molecule has 0 aliphatic heterocycles. The summed E-state index contributed by atoms with van der Waals surface area (Å²) in [6.45, 7) is 8.22. The van der Waals surface area contributed by atoms with Crippen molar-refractivity contribution in [2.75, 3.05) is 19.8 Å². The summed E-state index contributed by atoms with van der Waals surface area (Å²) < 4.78 is 26.7. The second kappa shape index (κ2) is 21.1. The zero-order valence-electron chi connectivity index (χ0n) is 27.9. The molecule has 0 amide bonds. The first-order valence-electron chi connectivity index (χ1n) is 16.6. The van der Waals surface area contributed by atoms with Crippen molar-refractivity contribution < 1.29 is 42.9 Å². The summed E-state index contributed by atoms with van der Waals surface area (Å²) in [5, 5.41) is 0. The highest BCUT2D eigenvalue weighted by Crippen LogP contribution is 2.24. The Kier molecular flexibility index (Phi) is 16.5. The van der Waals surface area contributed by atoms with E-state index in [1.807, 2.05) is 19.1 Å². The number of carbonyl (C=O) groups excluding carboxylic acids is 4. The van der Waals surface area contributed by atoms with Crippen LogP contribution in [-0.2, 0) is 23.8 Å². The van der Waals surface area contributed by atoms with Gasteiger partial charge < -0.3 is 23.7 Å². The quantitative estimate of drug-likeness (QED) is 0.0366. The number of ether oxygens (including phenoxy) is 5. The van der Waals surface area contributed by atoms with Gasteiger partial charge in [-0.05, 0) is 85.8 Å². The first kappa shape index (κ1) is 37.5. The second-order valence-corrected chi connectivity index (χ2v) is 11.3. The molecule has 3 rings (SSSR count). The van der Waals surface area contributed by atoms with Crippen molar-refractivity contribution in [2.45, 2.75) is 77.7 Å². The van der Waals surface area contributed by atoms with E-state index in [4.69, 9.17) is 23.7 Å². The molecule has 9 heteroatoms. The van der Waals surface area contributed by atoms with Gasteiger partial charge in [-0.3, -0.25) is 0 Å². The largest absolute Gasteiger partial charge is 0.494 e. The molecular formula is C39H46O9. The molecule has 0 aromatic heterocycles. The van der Waals surface area contributed by atoms with Crippen LogP contribution in [-0.4, -0.2) is 49.8 Å². The van der Waals surface area contributed by atoms with Crippen molar-refractivity contribution in [3.8, 4) is 22.6 Å². The number of benzene rings is 3. The van der Waals surface area contributed by atoms with Crippen molar-refractivity contribution >= 4 is 23.9 Å². The van der Waals surface area contributed by atoms with E-state index in [0.29, 0.717) is 42.4 Å². The highest BCUT2D eigenvalue weighted by atomic mass is 16.6. The van der Waals surface area contributed by atoms with E-state index < -0.39 is 24.0 Å². The standard InChI is InChI=1S/C39H46O9/c1-4-6-26-46-37(41)29(3)47-38(42)32-16-14-30(15-17-32)31-18-24-35(25-19-31)48-39(43)33-20-22-34(23-21-33)44-27-12-10-8-7-9-11-13-28-45-36(40)5-2/h5,14-25,29H,2,4,6-13,26-28H2,1,3H3. The molecular weight excluding hydrogens is 612 g/mol. The van der Waals surface area contributed by atoms with Crippen molar-refractivity contribution in [3.05, 3.63) is 96.6 Å². The summed E-state index contributed by atoms with van der Waals surface area (Å²) in [7, 11) is 0. The van der Waals surface area contributed by atoms with Crippen molar-refractivity contribution in [3.63, 3.8) is 0 Å². The average Bonchev–Trinajstić information content (AvgIpc) is 3.11. The molecule has 256 valence electrons. The van der Waals surface area contributed by atoms with Crippen LogP contribution in [0.1, 0.15) is 92.4 Å². The number of carbonyl (C=O) groups is 4. The molecule has 9 nitrogen and oxygen atoms in total. The first-order chi connectivity index (χ1) is 23.3.